The molecule has 2 aromatic carbocycles. The van der Waals surface area contributed by atoms with Crippen LogP contribution in [-0.4, -0.2) is 30.1 Å². The third-order valence-electron chi connectivity index (χ3n) is 4.26. The molecule has 4 rings (SSSR count). The van der Waals surface area contributed by atoms with Crippen LogP contribution in [0.2, 0.25) is 0 Å². The Bertz CT molecular complexity index is 1140. The lowest BCUT2D eigenvalue weighted by atomic mass is 10.2. The molecule has 1 aromatic heterocycles. The molecule has 1 saturated carbocycles. The summed E-state index contributed by atoms with van der Waals surface area (Å²) in [5.41, 5.74) is 1.52. The summed E-state index contributed by atoms with van der Waals surface area (Å²) in [5, 5.41) is 7.07. The SMILES string of the molecule is O=C(Nc1ccccc1-n1cc(Br)cn1)c1cccc(S(=O)(=O)NC2CC2)c1. The average molecular weight is 461 g/mol. The molecule has 0 unspecified atom stereocenters. The normalized spacial score (nSPS) is 14.0. The van der Waals surface area contributed by atoms with Crippen molar-refractivity contribution >= 4 is 37.5 Å². The van der Waals surface area contributed by atoms with Crippen LogP contribution in [0.5, 0.6) is 0 Å². The van der Waals surface area contributed by atoms with Gasteiger partial charge in [-0.2, -0.15) is 5.10 Å². The standard InChI is InChI=1S/C19H17BrN4O3S/c20-14-11-21-24(12-14)18-7-2-1-6-17(18)22-19(25)13-4-3-5-16(10-13)28(26,27)23-15-8-9-15/h1-7,10-12,15,23H,8-9H2,(H,22,25). The predicted octanol–water partition coefficient (Wildman–Crippen LogP) is 3.33. The van der Waals surface area contributed by atoms with Crippen LogP contribution in [0.15, 0.2) is 70.3 Å². The Kier molecular flexibility index (Phi) is 5.05. The molecule has 0 aliphatic heterocycles. The van der Waals surface area contributed by atoms with E-state index in [2.05, 4.69) is 31.1 Å². The number of benzene rings is 2. The second-order valence-electron chi connectivity index (χ2n) is 6.50. The maximum absolute atomic E-state index is 12.8. The van der Waals surface area contributed by atoms with E-state index in [-0.39, 0.29) is 16.5 Å². The first-order valence-electron chi connectivity index (χ1n) is 8.66. The summed E-state index contributed by atoms with van der Waals surface area (Å²) in [5.74, 6) is -0.401. The Hall–Kier alpha value is -2.49. The van der Waals surface area contributed by atoms with Gasteiger partial charge in [-0.15, -0.1) is 0 Å². The van der Waals surface area contributed by atoms with Gasteiger partial charge in [0.15, 0.2) is 0 Å². The number of aromatic nitrogens is 2. The van der Waals surface area contributed by atoms with Gasteiger partial charge in [-0.05, 0) is 59.1 Å². The van der Waals surface area contributed by atoms with E-state index in [9.17, 15) is 13.2 Å². The number of nitrogens with one attached hydrogen (secondary N) is 2. The van der Waals surface area contributed by atoms with Crippen LogP contribution in [0.4, 0.5) is 5.69 Å². The van der Waals surface area contributed by atoms with Crippen LogP contribution in [-0.2, 0) is 10.0 Å². The molecule has 3 aromatic rings. The highest BCUT2D eigenvalue weighted by molar-refractivity contribution is 9.10. The lowest BCUT2D eigenvalue weighted by Crippen LogP contribution is -2.26. The number of para-hydroxylation sites is 2. The number of hydrogen-bond acceptors (Lipinski definition) is 4. The number of anilines is 1. The topological polar surface area (TPSA) is 93.1 Å². The smallest absolute Gasteiger partial charge is 0.255 e. The minimum Gasteiger partial charge on any atom is -0.320 e. The second-order valence-corrected chi connectivity index (χ2v) is 9.13. The molecule has 0 spiro atoms. The number of carbonyl (C=O) groups excluding carboxylic acids is 1. The molecule has 1 heterocycles. The molecule has 0 saturated heterocycles. The lowest BCUT2D eigenvalue weighted by Gasteiger charge is -2.12. The van der Waals surface area contributed by atoms with Crippen LogP contribution in [0.25, 0.3) is 5.69 Å². The van der Waals surface area contributed by atoms with Gasteiger partial charge in [-0.1, -0.05) is 18.2 Å². The molecule has 7 nitrogen and oxygen atoms in total. The third-order valence-corrected chi connectivity index (χ3v) is 6.18. The van der Waals surface area contributed by atoms with E-state index in [0.29, 0.717) is 11.4 Å². The Balaban J connectivity index is 1.59. The number of nitrogens with zero attached hydrogens (tertiary/aromatic N) is 2. The quantitative estimate of drug-likeness (QED) is 0.589. The van der Waals surface area contributed by atoms with Gasteiger partial charge in [0.25, 0.3) is 5.91 Å². The summed E-state index contributed by atoms with van der Waals surface area (Å²) in [7, 11) is -3.62. The molecule has 1 fully saturated rings. The first kappa shape index (κ1) is 18.9. The van der Waals surface area contributed by atoms with E-state index < -0.39 is 15.9 Å². The third kappa shape index (κ3) is 4.16. The zero-order valence-electron chi connectivity index (χ0n) is 14.7. The molecule has 28 heavy (non-hydrogen) atoms. The van der Waals surface area contributed by atoms with Crippen LogP contribution in [0.3, 0.4) is 0 Å². The van der Waals surface area contributed by atoms with Gasteiger partial charge in [0.05, 0.1) is 26.9 Å². The molecule has 0 atom stereocenters. The van der Waals surface area contributed by atoms with E-state index in [1.54, 1.807) is 41.3 Å². The van der Waals surface area contributed by atoms with Crippen LogP contribution in [0.1, 0.15) is 23.2 Å². The van der Waals surface area contributed by atoms with Crippen molar-refractivity contribution in [3.63, 3.8) is 0 Å². The van der Waals surface area contributed by atoms with Gasteiger partial charge in [-0.25, -0.2) is 17.8 Å². The fourth-order valence-electron chi connectivity index (χ4n) is 2.70. The average Bonchev–Trinajstić information content (AvgIpc) is 3.38. The van der Waals surface area contributed by atoms with Crippen LogP contribution < -0.4 is 10.0 Å². The molecular formula is C19H17BrN4O3S. The van der Waals surface area contributed by atoms with Crippen molar-refractivity contribution in [2.45, 2.75) is 23.8 Å². The molecule has 144 valence electrons. The summed E-state index contributed by atoms with van der Waals surface area (Å²) < 4.78 is 29.9. The van der Waals surface area contributed by atoms with E-state index >= 15 is 0 Å². The first-order valence-corrected chi connectivity index (χ1v) is 10.9. The molecule has 1 aliphatic rings. The highest BCUT2D eigenvalue weighted by Gasteiger charge is 2.28. The number of sulfonamides is 1. The molecular weight excluding hydrogens is 444 g/mol. The Morgan fingerprint density at radius 1 is 1.14 bits per heavy atom. The maximum Gasteiger partial charge on any atom is 0.255 e. The monoisotopic (exact) mass is 460 g/mol. The summed E-state index contributed by atoms with van der Waals surface area (Å²) in [6.07, 6.45) is 5.13. The second kappa shape index (κ2) is 7.50. The largest absolute Gasteiger partial charge is 0.320 e. The number of amides is 1. The van der Waals surface area contributed by atoms with Crippen molar-refractivity contribution < 1.29 is 13.2 Å². The zero-order chi connectivity index (χ0) is 19.7. The van der Waals surface area contributed by atoms with Gasteiger partial charge < -0.3 is 5.32 Å². The first-order chi connectivity index (χ1) is 13.4. The fraction of sp³-hybridized carbons (Fsp3) is 0.158. The summed E-state index contributed by atoms with van der Waals surface area (Å²) in [6.45, 7) is 0. The molecule has 0 bridgehead atoms. The van der Waals surface area contributed by atoms with Gasteiger partial charge in [0.1, 0.15) is 0 Å². The molecule has 1 amide bonds. The lowest BCUT2D eigenvalue weighted by molar-refractivity contribution is 0.102. The number of halogens is 1. The van der Waals surface area contributed by atoms with E-state index in [0.717, 1.165) is 17.3 Å². The highest BCUT2D eigenvalue weighted by Crippen LogP contribution is 2.24. The number of hydrogen-bond donors (Lipinski definition) is 2. The van der Waals surface area contributed by atoms with Gasteiger partial charge in [-0.3, -0.25) is 4.79 Å². The van der Waals surface area contributed by atoms with Crippen LogP contribution in [0, 0.1) is 0 Å². The van der Waals surface area contributed by atoms with Crippen molar-refractivity contribution in [1.29, 1.82) is 0 Å². The predicted molar refractivity (Wildman–Crippen MR) is 109 cm³/mol. The molecule has 9 heteroatoms. The Morgan fingerprint density at radius 2 is 1.93 bits per heavy atom. The van der Waals surface area contributed by atoms with Crippen LogP contribution >= 0.6 is 15.9 Å². The molecule has 0 radical (unpaired) electrons. The molecule has 2 N–H and O–H groups in total. The van der Waals surface area contributed by atoms with Crippen molar-refractivity contribution in [2.24, 2.45) is 0 Å². The highest BCUT2D eigenvalue weighted by atomic mass is 79.9. The Morgan fingerprint density at radius 3 is 2.64 bits per heavy atom. The van der Waals surface area contributed by atoms with Gasteiger partial charge in [0, 0.05) is 17.8 Å². The summed E-state index contributed by atoms with van der Waals surface area (Å²) in [6, 6.07) is 13.3. The zero-order valence-corrected chi connectivity index (χ0v) is 17.1. The van der Waals surface area contributed by atoms with Crippen molar-refractivity contribution in [3.05, 3.63) is 71.0 Å². The van der Waals surface area contributed by atoms with Crippen molar-refractivity contribution in [2.75, 3.05) is 5.32 Å². The number of rotatable bonds is 6. The Labute approximate surface area is 170 Å². The minimum absolute atomic E-state index is 0.00255. The van der Waals surface area contributed by atoms with Crippen molar-refractivity contribution in [3.8, 4) is 5.69 Å². The molecule has 1 aliphatic carbocycles. The van der Waals surface area contributed by atoms with E-state index in [1.807, 2.05) is 12.1 Å². The van der Waals surface area contributed by atoms with Gasteiger partial charge in [0.2, 0.25) is 10.0 Å². The van der Waals surface area contributed by atoms with E-state index in [4.69, 9.17) is 0 Å². The van der Waals surface area contributed by atoms with Crippen molar-refractivity contribution in [1.82, 2.24) is 14.5 Å². The minimum atomic E-state index is -3.62. The summed E-state index contributed by atoms with van der Waals surface area (Å²) in [4.78, 5) is 12.8. The van der Waals surface area contributed by atoms with E-state index in [1.165, 1.54) is 12.1 Å². The fourth-order valence-corrected chi connectivity index (χ4v) is 4.34. The summed E-state index contributed by atoms with van der Waals surface area (Å²) >= 11 is 3.36. The maximum atomic E-state index is 12.8. The number of carbonyl (C=O) groups is 1. The van der Waals surface area contributed by atoms with Gasteiger partial charge >= 0.3 is 0 Å².